The maximum Gasteiger partial charge on any atom is 0.271 e. The van der Waals surface area contributed by atoms with Gasteiger partial charge in [-0.05, 0) is 44.2 Å². The van der Waals surface area contributed by atoms with E-state index in [1.165, 1.54) is 18.3 Å². The Morgan fingerprint density at radius 3 is 2.71 bits per heavy atom. The minimum atomic E-state index is -1.08. The molecule has 2 bridgehead atoms. The highest BCUT2D eigenvalue weighted by molar-refractivity contribution is 7.07. The first-order valence-electron chi connectivity index (χ1n) is 10.8. The fraction of sp³-hybridized carbons (Fsp3) is 0.192. The van der Waals surface area contributed by atoms with Crippen molar-refractivity contribution in [1.29, 1.82) is 0 Å². The maximum absolute atomic E-state index is 13.6. The SMILES string of the molecule is CC(=O)[C@@H]1[C@H]2c3ccccc3O[C@@]1(C)N=c1sc(=Cc3ccc(-c4ccccc4Cl)o3)c(=O)n12. The molecule has 6 rings (SSSR count). The molecule has 2 aliphatic heterocycles. The van der Waals surface area contributed by atoms with E-state index in [1.54, 1.807) is 22.8 Å². The Balaban J connectivity index is 1.53. The van der Waals surface area contributed by atoms with Crippen LogP contribution in [-0.2, 0) is 4.79 Å². The molecule has 0 unspecified atom stereocenters. The van der Waals surface area contributed by atoms with Gasteiger partial charge in [-0.2, -0.15) is 0 Å². The Kier molecular flexibility index (Phi) is 4.69. The summed E-state index contributed by atoms with van der Waals surface area (Å²) in [5, 5.41) is 0.586. The summed E-state index contributed by atoms with van der Waals surface area (Å²) in [5.74, 6) is 1.10. The molecule has 0 radical (unpaired) electrons. The molecular formula is C26H19ClN2O4S. The lowest BCUT2D eigenvalue weighted by Crippen LogP contribution is -2.58. The Morgan fingerprint density at radius 2 is 1.91 bits per heavy atom. The van der Waals surface area contributed by atoms with Gasteiger partial charge in [0.15, 0.2) is 4.80 Å². The van der Waals surface area contributed by atoms with Crippen LogP contribution in [0.2, 0.25) is 5.02 Å². The van der Waals surface area contributed by atoms with Crippen LogP contribution >= 0.6 is 22.9 Å². The molecule has 0 N–H and O–H groups in total. The molecule has 2 aliphatic rings. The fourth-order valence-corrected chi connectivity index (χ4v) is 6.23. The quantitative estimate of drug-likeness (QED) is 0.431. The Hall–Kier alpha value is -3.42. The molecule has 6 nitrogen and oxygen atoms in total. The van der Waals surface area contributed by atoms with Gasteiger partial charge in [-0.25, -0.2) is 4.99 Å². The number of hydrogen-bond acceptors (Lipinski definition) is 6. The fourth-order valence-electron chi connectivity index (χ4n) is 4.92. The lowest BCUT2D eigenvalue weighted by molar-refractivity contribution is -0.132. The molecule has 0 spiro atoms. The molecule has 2 aromatic carbocycles. The van der Waals surface area contributed by atoms with Crippen LogP contribution in [0.4, 0.5) is 0 Å². The van der Waals surface area contributed by atoms with Gasteiger partial charge < -0.3 is 9.15 Å². The van der Waals surface area contributed by atoms with Crippen LogP contribution in [0.15, 0.2) is 74.9 Å². The van der Waals surface area contributed by atoms with Gasteiger partial charge in [0.2, 0.25) is 5.72 Å². The first-order valence-corrected chi connectivity index (χ1v) is 12.0. The van der Waals surface area contributed by atoms with Gasteiger partial charge in [0.25, 0.3) is 5.56 Å². The number of ether oxygens (including phenoxy) is 1. The van der Waals surface area contributed by atoms with Crippen molar-refractivity contribution in [3.8, 4) is 17.1 Å². The van der Waals surface area contributed by atoms with E-state index in [9.17, 15) is 9.59 Å². The van der Waals surface area contributed by atoms with E-state index in [2.05, 4.69) is 0 Å². The molecule has 0 aliphatic carbocycles. The van der Waals surface area contributed by atoms with E-state index in [0.717, 1.165) is 11.1 Å². The van der Waals surface area contributed by atoms with Gasteiger partial charge in [-0.15, -0.1) is 0 Å². The summed E-state index contributed by atoms with van der Waals surface area (Å²) in [6, 6.07) is 18.1. The number of benzene rings is 2. The second-order valence-electron chi connectivity index (χ2n) is 8.59. The monoisotopic (exact) mass is 490 g/mol. The van der Waals surface area contributed by atoms with Crippen LogP contribution in [0, 0.1) is 5.92 Å². The number of Topliss-reactive ketones (excluding diaryl/α,β-unsaturated/α-hetero) is 1. The second-order valence-corrected chi connectivity index (χ2v) is 10.0. The number of rotatable bonds is 3. The molecule has 2 aromatic heterocycles. The van der Waals surface area contributed by atoms with Gasteiger partial charge in [0.05, 0.1) is 15.6 Å². The van der Waals surface area contributed by atoms with E-state index in [0.29, 0.717) is 31.6 Å². The Bertz CT molecular complexity index is 1650. The first kappa shape index (κ1) is 21.1. The number of carbonyl (C=O) groups is 1. The zero-order chi connectivity index (χ0) is 23.6. The topological polar surface area (TPSA) is 73.8 Å². The van der Waals surface area contributed by atoms with Crippen molar-refractivity contribution in [1.82, 2.24) is 4.57 Å². The number of aromatic nitrogens is 1. The number of halogens is 1. The third-order valence-corrected chi connectivity index (χ3v) is 7.67. The Labute approximate surface area is 203 Å². The number of nitrogens with zero attached hydrogens (tertiary/aromatic N) is 2. The molecule has 8 heteroatoms. The number of furan rings is 1. The van der Waals surface area contributed by atoms with Crippen LogP contribution < -0.4 is 19.6 Å². The largest absolute Gasteiger partial charge is 0.465 e. The third kappa shape index (κ3) is 3.11. The van der Waals surface area contributed by atoms with Gasteiger partial charge in [0.1, 0.15) is 29.0 Å². The van der Waals surface area contributed by atoms with Crippen LogP contribution in [0.1, 0.15) is 31.2 Å². The predicted molar refractivity (Wildman–Crippen MR) is 130 cm³/mol. The summed E-state index contributed by atoms with van der Waals surface area (Å²) in [6.07, 6.45) is 1.70. The number of ketones is 1. The minimum Gasteiger partial charge on any atom is -0.465 e. The van der Waals surface area contributed by atoms with Gasteiger partial charge in [0, 0.05) is 17.2 Å². The van der Waals surface area contributed by atoms with Crippen molar-refractivity contribution in [3.63, 3.8) is 0 Å². The number of thiazole rings is 1. The van der Waals surface area contributed by atoms with Crippen LogP contribution in [0.25, 0.3) is 17.4 Å². The maximum atomic E-state index is 13.6. The average molecular weight is 491 g/mol. The number of carbonyl (C=O) groups excluding carboxylic acids is 1. The standard InChI is InChI=1S/C26H19ClN2O4S/c1-14(30)22-23-17-8-4-6-10-20(17)33-26(22,2)28-25-29(23)24(31)21(34-25)13-15-11-12-19(32-15)16-7-3-5-9-18(16)27/h3-13,22-23H,1-2H3/t22-,23-,26-/m1/s1. The van der Waals surface area contributed by atoms with Gasteiger partial charge in [-0.3, -0.25) is 14.2 Å². The summed E-state index contributed by atoms with van der Waals surface area (Å²) >= 11 is 7.55. The third-order valence-electron chi connectivity index (χ3n) is 6.36. The van der Waals surface area contributed by atoms with E-state index in [4.69, 9.17) is 25.7 Å². The average Bonchev–Trinajstić information content (AvgIpc) is 3.37. The molecule has 0 fully saturated rings. The van der Waals surface area contributed by atoms with Crippen molar-refractivity contribution in [3.05, 3.63) is 96.7 Å². The molecule has 0 saturated heterocycles. The van der Waals surface area contributed by atoms with Crippen LogP contribution in [0.5, 0.6) is 5.75 Å². The van der Waals surface area contributed by atoms with Crippen molar-refractivity contribution in [2.45, 2.75) is 25.6 Å². The highest BCUT2D eigenvalue weighted by atomic mass is 35.5. The summed E-state index contributed by atoms with van der Waals surface area (Å²) in [7, 11) is 0. The molecule has 4 aromatic rings. The van der Waals surface area contributed by atoms with E-state index in [1.807, 2.05) is 55.5 Å². The van der Waals surface area contributed by atoms with E-state index < -0.39 is 17.7 Å². The lowest BCUT2D eigenvalue weighted by Gasteiger charge is -2.45. The molecule has 170 valence electrons. The molecule has 3 atom stereocenters. The van der Waals surface area contributed by atoms with E-state index >= 15 is 0 Å². The first-order chi connectivity index (χ1) is 16.4. The number of hydrogen-bond donors (Lipinski definition) is 0. The molecule has 34 heavy (non-hydrogen) atoms. The zero-order valence-electron chi connectivity index (χ0n) is 18.3. The minimum absolute atomic E-state index is 0.0737. The smallest absolute Gasteiger partial charge is 0.271 e. The highest BCUT2D eigenvalue weighted by Gasteiger charge is 2.53. The van der Waals surface area contributed by atoms with Crippen molar-refractivity contribution < 1.29 is 13.9 Å². The number of para-hydroxylation sites is 1. The summed E-state index contributed by atoms with van der Waals surface area (Å²) < 4.78 is 14.3. The highest BCUT2D eigenvalue weighted by Crippen LogP contribution is 2.47. The lowest BCUT2D eigenvalue weighted by atomic mass is 9.79. The summed E-state index contributed by atoms with van der Waals surface area (Å²) in [5.41, 5.74) is 0.290. The predicted octanol–water partition coefficient (Wildman–Crippen LogP) is 4.19. The van der Waals surface area contributed by atoms with Crippen LogP contribution in [0.3, 0.4) is 0 Å². The second kappa shape index (κ2) is 7.55. The van der Waals surface area contributed by atoms with Crippen molar-refractivity contribution in [2.75, 3.05) is 0 Å². The normalized spacial score (nSPS) is 23.0. The molecule has 0 amide bonds. The van der Waals surface area contributed by atoms with Crippen molar-refractivity contribution in [2.24, 2.45) is 10.9 Å². The molecular weight excluding hydrogens is 472 g/mol. The van der Waals surface area contributed by atoms with Gasteiger partial charge in [-0.1, -0.05) is 53.3 Å². The zero-order valence-corrected chi connectivity index (χ0v) is 19.9. The molecule has 0 saturated carbocycles. The Morgan fingerprint density at radius 1 is 1.15 bits per heavy atom. The van der Waals surface area contributed by atoms with Crippen molar-refractivity contribution >= 4 is 34.8 Å². The summed E-state index contributed by atoms with van der Waals surface area (Å²) in [6.45, 7) is 3.33. The van der Waals surface area contributed by atoms with Crippen LogP contribution in [-0.4, -0.2) is 16.1 Å². The van der Waals surface area contributed by atoms with Gasteiger partial charge >= 0.3 is 0 Å². The van der Waals surface area contributed by atoms with E-state index in [-0.39, 0.29) is 11.3 Å². The summed E-state index contributed by atoms with van der Waals surface area (Å²) in [4.78, 5) is 31.6. The number of fused-ring (bicyclic) bond motifs is 6. The molecule has 4 heterocycles.